The Morgan fingerprint density at radius 3 is 2.52 bits per heavy atom. The number of rotatable bonds is 5. The third-order valence-corrected chi connectivity index (χ3v) is 7.28. The van der Waals surface area contributed by atoms with Gasteiger partial charge in [0.15, 0.2) is 0 Å². The van der Waals surface area contributed by atoms with Crippen molar-refractivity contribution in [3.8, 4) is 11.8 Å². The average molecular weight is 552 g/mol. The number of amides is 4. The Morgan fingerprint density at radius 1 is 1.12 bits per heavy atom. The Bertz CT molecular complexity index is 1430. The predicted octanol–water partition coefficient (Wildman–Crippen LogP) is 2.21. The first-order valence-corrected chi connectivity index (χ1v) is 13.7. The molecule has 1 aromatic heterocycles. The van der Waals surface area contributed by atoms with Gasteiger partial charge in [0.2, 0.25) is 17.7 Å². The van der Waals surface area contributed by atoms with Crippen LogP contribution >= 0.6 is 0 Å². The fourth-order valence-electron chi connectivity index (χ4n) is 5.25. The first-order valence-electron chi connectivity index (χ1n) is 13.7. The van der Waals surface area contributed by atoms with E-state index in [2.05, 4.69) is 22.5 Å². The number of alkyl carbamates (subject to hydrolysis) is 1. The van der Waals surface area contributed by atoms with Gasteiger partial charge in [-0.25, -0.2) is 9.59 Å². The maximum absolute atomic E-state index is 13.1. The molecule has 214 valence electrons. The van der Waals surface area contributed by atoms with Crippen LogP contribution in [0.4, 0.5) is 4.79 Å². The number of likely N-dealkylation sites (tertiary alicyclic amines) is 1. The van der Waals surface area contributed by atoms with Crippen molar-refractivity contribution in [3.63, 3.8) is 0 Å². The zero-order chi connectivity index (χ0) is 29.0. The second kappa shape index (κ2) is 12.0. The summed E-state index contributed by atoms with van der Waals surface area (Å²) >= 11 is 0. The van der Waals surface area contributed by atoms with E-state index in [1.54, 1.807) is 38.8 Å². The number of fused-ring (bicyclic) bond motifs is 1. The lowest BCUT2D eigenvalue weighted by Gasteiger charge is -2.32. The van der Waals surface area contributed by atoms with Gasteiger partial charge >= 0.3 is 11.8 Å². The summed E-state index contributed by atoms with van der Waals surface area (Å²) in [5.41, 5.74) is 1.06. The zero-order valence-corrected chi connectivity index (χ0v) is 23.5. The van der Waals surface area contributed by atoms with Gasteiger partial charge < -0.3 is 15.0 Å². The largest absolute Gasteiger partial charge is 0.444 e. The highest BCUT2D eigenvalue weighted by Crippen LogP contribution is 2.25. The molecule has 2 saturated heterocycles. The number of benzene rings is 1. The molecule has 11 heteroatoms. The van der Waals surface area contributed by atoms with Gasteiger partial charge in [0.05, 0.1) is 16.6 Å². The Hall–Kier alpha value is -4.07. The van der Waals surface area contributed by atoms with Crippen molar-refractivity contribution in [2.45, 2.75) is 70.9 Å². The summed E-state index contributed by atoms with van der Waals surface area (Å²) < 4.78 is 8.14. The monoisotopic (exact) mass is 551 g/mol. The molecule has 1 aromatic carbocycles. The number of nitrogens with one attached hydrogen (secondary N) is 2. The minimum atomic E-state index is -0.733. The molecule has 11 nitrogen and oxygen atoms in total. The molecule has 0 aliphatic carbocycles. The van der Waals surface area contributed by atoms with E-state index in [0.29, 0.717) is 42.0 Å². The van der Waals surface area contributed by atoms with Gasteiger partial charge in [0.1, 0.15) is 18.2 Å². The van der Waals surface area contributed by atoms with Crippen molar-refractivity contribution in [3.05, 3.63) is 34.2 Å². The third kappa shape index (κ3) is 6.73. The third-order valence-electron chi connectivity index (χ3n) is 7.28. The number of imidazole rings is 1. The molecular formula is C29H37N5O6. The molecule has 40 heavy (non-hydrogen) atoms. The SMILES string of the molecule is Cn1c(=O)n(C2CCC(=O)NC2=O)c2cccc(C#CCCC3CCN(C(=O)CNC(=O)OC(C)(C)C)CC3)c21. The van der Waals surface area contributed by atoms with Crippen LogP contribution in [0.15, 0.2) is 23.0 Å². The highest BCUT2D eigenvalue weighted by Gasteiger charge is 2.31. The number of nitrogens with zero attached hydrogens (tertiary/aromatic N) is 3. The average Bonchev–Trinajstić information content (AvgIpc) is 3.15. The van der Waals surface area contributed by atoms with E-state index in [1.165, 1.54) is 9.13 Å². The number of hydrogen-bond donors (Lipinski definition) is 2. The van der Waals surface area contributed by atoms with E-state index in [-0.39, 0.29) is 36.9 Å². The molecule has 2 aliphatic heterocycles. The number of imide groups is 1. The van der Waals surface area contributed by atoms with Crippen LogP contribution in [0.25, 0.3) is 11.0 Å². The van der Waals surface area contributed by atoms with Crippen molar-refractivity contribution in [2.24, 2.45) is 13.0 Å². The minimum Gasteiger partial charge on any atom is -0.444 e. The number of aromatic nitrogens is 2. The van der Waals surface area contributed by atoms with E-state index in [9.17, 15) is 24.0 Å². The maximum atomic E-state index is 13.1. The molecule has 4 amide bonds. The van der Waals surface area contributed by atoms with Crippen molar-refractivity contribution < 1.29 is 23.9 Å². The number of carbonyl (C=O) groups excluding carboxylic acids is 4. The van der Waals surface area contributed by atoms with Crippen LogP contribution in [-0.2, 0) is 26.2 Å². The van der Waals surface area contributed by atoms with Gasteiger partial charge in [0, 0.05) is 33.0 Å². The Morgan fingerprint density at radius 2 is 1.85 bits per heavy atom. The molecule has 4 rings (SSSR count). The van der Waals surface area contributed by atoms with Crippen LogP contribution in [-0.4, -0.2) is 63.1 Å². The molecule has 3 heterocycles. The second-order valence-corrected chi connectivity index (χ2v) is 11.4. The van der Waals surface area contributed by atoms with Crippen molar-refractivity contribution in [1.82, 2.24) is 24.7 Å². The molecular weight excluding hydrogens is 514 g/mol. The van der Waals surface area contributed by atoms with Gasteiger partial charge in [0.25, 0.3) is 0 Å². The lowest BCUT2D eigenvalue weighted by atomic mass is 9.92. The molecule has 1 unspecified atom stereocenters. The lowest BCUT2D eigenvalue weighted by molar-refractivity contribution is -0.136. The topological polar surface area (TPSA) is 132 Å². The summed E-state index contributed by atoms with van der Waals surface area (Å²) in [6, 6.07) is 4.74. The summed E-state index contributed by atoms with van der Waals surface area (Å²) in [5.74, 6) is 5.98. The fourth-order valence-corrected chi connectivity index (χ4v) is 5.25. The van der Waals surface area contributed by atoms with E-state index in [4.69, 9.17) is 4.74 Å². The van der Waals surface area contributed by atoms with Gasteiger partial charge in [-0.05, 0) is 64.5 Å². The molecule has 0 spiro atoms. The van der Waals surface area contributed by atoms with E-state index >= 15 is 0 Å². The highest BCUT2D eigenvalue weighted by atomic mass is 16.6. The molecule has 0 radical (unpaired) electrons. The number of para-hydroxylation sites is 1. The smallest absolute Gasteiger partial charge is 0.408 e. The second-order valence-electron chi connectivity index (χ2n) is 11.4. The molecule has 2 N–H and O–H groups in total. The first-order chi connectivity index (χ1) is 18.9. The number of aryl methyl sites for hydroxylation is 1. The van der Waals surface area contributed by atoms with Crippen molar-refractivity contribution in [2.75, 3.05) is 19.6 Å². The van der Waals surface area contributed by atoms with Crippen molar-refractivity contribution >= 4 is 34.8 Å². The van der Waals surface area contributed by atoms with Crippen molar-refractivity contribution in [1.29, 1.82) is 0 Å². The summed E-state index contributed by atoms with van der Waals surface area (Å²) in [4.78, 5) is 63.1. The predicted molar refractivity (Wildman–Crippen MR) is 148 cm³/mol. The van der Waals surface area contributed by atoms with Gasteiger partial charge in [-0.15, -0.1) is 0 Å². The number of hydrogen-bond acceptors (Lipinski definition) is 6. The first kappa shape index (κ1) is 28.9. The van der Waals surface area contributed by atoms with E-state index in [1.807, 2.05) is 12.1 Å². The van der Waals surface area contributed by atoms with Crippen LogP contribution in [0.5, 0.6) is 0 Å². The molecule has 0 bridgehead atoms. The quantitative estimate of drug-likeness (QED) is 0.433. The van der Waals surface area contributed by atoms with Gasteiger partial charge in [-0.3, -0.25) is 28.8 Å². The number of piperidine rings is 2. The van der Waals surface area contributed by atoms with E-state index in [0.717, 1.165) is 19.3 Å². The Balaban J connectivity index is 1.32. The molecule has 0 saturated carbocycles. The fraction of sp³-hybridized carbons (Fsp3) is 0.552. The summed E-state index contributed by atoms with van der Waals surface area (Å²) in [7, 11) is 1.66. The number of carbonyl (C=O) groups is 4. The van der Waals surface area contributed by atoms with Crippen LogP contribution in [0.2, 0.25) is 0 Å². The Labute approximate surface area is 233 Å². The normalized spacial score (nSPS) is 18.2. The summed E-state index contributed by atoms with van der Waals surface area (Å²) in [6.45, 7) is 6.52. The Kier molecular flexibility index (Phi) is 8.67. The zero-order valence-electron chi connectivity index (χ0n) is 23.5. The van der Waals surface area contributed by atoms with Crippen LogP contribution in [0, 0.1) is 17.8 Å². The van der Waals surface area contributed by atoms with E-state index < -0.39 is 23.6 Å². The minimum absolute atomic E-state index is 0.0790. The van der Waals surface area contributed by atoms with Gasteiger partial charge in [-0.1, -0.05) is 17.9 Å². The standard InChI is InChI=1S/C29H37N5O6/c1-29(2,3)40-27(38)30-18-24(36)33-16-14-19(15-17-33)8-5-6-9-20-10-7-11-21-25(20)32(4)28(39)34(21)22-12-13-23(35)31-26(22)37/h7,10-11,19,22H,5,8,12-18H2,1-4H3,(H,30,38)(H,31,35,37). The number of ether oxygens (including phenoxy) is 1. The summed E-state index contributed by atoms with van der Waals surface area (Å²) in [6.07, 6.45) is 3.20. The molecule has 2 fully saturated rings. The maximum Gasteiger partial charge on any atom is 0.408 e. The summed E-state index contributed by atoms with van der Waals surface area (Å²) in [5, 5.41) is 4.85. The lowest BCUT2D eigenvalue weighted by Crippen LogP contribution is -2.45. The van der Waals surface area contributed by atoms with Crippen LogP contribution < -0.4 is 16.3 Å². The highest BCUT2D eigenvalue weighted by molar-refractivity contribution is 6.00. The van der Waals surface area contributed by atoms with Crippen LogP contribution in [0.3, 0.4) is 0 Å². The van der Waals surface area contributed by atoms with Crippen LogP contribution in [0.1, 0.15) is 70.9 Å². The van der Waals surface area contributed by atoms with Gasteiger partial charge in [-0.2, -0.15) is 0 Å². The molecule has 1 atom stereocenters. The molecule has 2 aromatic rings. The molecule has 2 aliphatic rings.